The highest BCUT2D eigenvalue weighted by atomic mass is 35.5. The van der Waals surface area contributed by atoms with Crippen LogP contribution in [0.1, 0.15) is 27.2 Å². The maximum absolute atomic E-state index is 12.6. The number of benzene rings is 1. The molecule has 0 saturated carbocycles. The summed E-state index contributed by atoms with van der Waals surface area (Å²) < 4.78 is 6.94. The molecule has 0 aliphatic rings. The number of ether oxygens (including phenoxy) is 1. The predicted molar refractivity (Wildman–Crippen MR) is 108 cm³/mol. The van der Waals surface area contributed by atoms with E-state index in [0.29, 0.717) is 28.6 Å². The summed E-state index contributed by atoms with van der Waals surface area (Å²) in [5.74, 6) is 0.274. The highest BCUT2D eigenvalue weighted by molar-refractivity contribution is 6.30. The Morgan fingerprint density at radius 2 is 2.04 bits per heavy atom. The van der Waals surface area contributed by atoms with Crippen molar-refractivity contribution in [1.82, 2.24) is 9.55 Å². The lowest BCUT2D eigenvalue weighted by molar-refractivity contribution is 0.0970. The highest BCUT2D eigenvalue weighted by Gasteiger charge is 2.11. The summed E-state index contributed by atoms with van der Waals surface area (Å²) in [6, 6.07) is 11.9. The largest absolute Gasteiger partial charge is 0.487 e. The molecule has 3 rings (SSSR count). The first-order valence-electron chi connectivity index (χ1n) is 8.73. The molecule has 0 atom stereocenters. The minimum Gasteiger partial charge on any atom is -0.487 e. The Hall–Kier alpha value is -2.96. The van der Waals surface area contributed by atoms with Crippen LogP contribution < -0.4 is 16.0 Å². The van der Waals surface area contributed by atoms with Gasteiger partial charge in [0.15, 0.2) is 5.78 Å². The first-order valence-corrected chi connectivity index (χ1v) is 9.10. The Kier molecular flexibility index (Phi) is 6.23. The van der Waals surface area contributed by atoms with Crippen molar-refractivity contribution < 1.29 is 9.53 Å². The summed E-state index contributed by atoms with van der Waals surface area (Å²) >= 11 is 5.80. The lowest BCUT2D eigenvalue weighted by atomic mass is 10.0. The first kappa shape index (κ1) is 19.8. The molecule has 0 fully saturated rings. The molecule has 0 aliphatic carbocycles. The van der Waals surface area contributed by atoms with Gasteiger partial charge in [-0.1, -0.05) is 29.8 Å². The van der Waals surface area contributed by atoms with Crippen molar-refractivity contribution in [2.75, 3.05) is 0 Å². The molecular formula is C21H20ClN3O3. The van der Waals surface area contributed by atoms with Gasteiger partial charge in [-0.3, -0.25) is 14.6 Å². The minimum absolute atomic E-state index is 0.0410. The molecular weight excluding hydrogens is 378 g/mol. The number of rotatable bonds is 7. The summed E-state index contributed by atoms with van der Waals surface area (Å²) in [4.78, 5) is 29.0. The fraction of sp³-hybridized carbons (Fsp3) is 0.190. The van der Waals surface area contributed by atoms with E-state index in [2.05, 4.69) is 4.98 Å². The average molecular weight is 398 g/mol. The molecule has 2 N–H and O–H groups in total. The van der Waals surface area contributed by atoms with Gasteiger partial charge in [0.1, 0.15) is 12.4 Å². The van der Waals surface area contributed by atoms with E-state index >= 15 is 0 Å². The van der Waals surface area contributed by atoms with Crippen molar-refractivity contribution in [1.29, 1.82) is 0 Å². The van der Waals surface area contributed by atoms with Crippen LogP contribution in [0.3, 0.4) is 0 Å². The van der Waals surface area contributed by atoms with Gasteiger partial charge < -0.3 is 15.0 Å². The van der Waals surface area contributed by atoms with Gasteiger partial charge >= 0.3 is 0 Å². The predicted octanol–water partition coefficient (Wildman–Crippen LogP) is 3.13. The van der Waals surface area contributed by atoms with E-state index in [4.69, 9.17) is 22.1 Å². The zero-order valence-corrected chi connectivity index (χ0v) is 16.1. The molecule has 0 unspecified atom stereocenters. The maximum Gasteiger partial charge on any atom is 0.254 e. The van der Waals surface area contributed by atoms with Gasteiger partial charge in [0.25, 0.3) is 5.56 Å². The molecule has 3 aromatic rings. The van der Waals surface area contributed by atoms with Gasteiger partial charge in [0.05, 0.1) is 17.3 Å². The van der Waals surface area contributed by atoms with E-state index in [1.807, 2.05) is 19.1 Å². The van der Waals surface area contributed by atoms with Crippen LogP contribution in [0.2, 0.25) is 5.02 Å². The molecule has 0 aliphatic heterocycles. The van der Waals surface area contributed by atoms with Gasteiger partial charge in [-0.25, -0.2) is 0 Å². The summed E-state index contributed by atoms with van der Waals surface area (Å²) in [6.07, 6.45) is 3.08. The summed E-state index contributed by atoms with van der Waals surface area (Å²) in [7, 11) is 0. The molecule has 1 aromatic carbocycles. The van der Waals surface area contributed by atoms with Gasteiger partial charge in [-0.15, -0.1) is 0 Å². The van der Waals surface area contributed by atoms with Crippen molar-refractivity contribution in [3.8, 4) is 5.75 Å². The zero-order valence-electron chi connectivity index (χ0n) is 15.4. The van der Waals surface area contributed by atoms with E-state index in [9.17, 15) is 9.59 Å². The van der Waals surface area contributed by atoms with Crippen molar-refractivity contribution in [3.63, 3.8) is 0 Å². The molecule has 0 spiro atoms. The van der Waals surface area contributed by atoms with Gasteiger partial charge in [-0.2, -0.15) is 0 Å². The molecule has 0 bridgehead atoms. The van der Waals surface area contributed by atoms with Crippen LogP contribution in [0, 0.1) is 6.92 Å². The second-order valence-electron chi connectivity index (χ2n) is 6.36. The number of nitrogens with two attached hydrogens (primary N) is 1. The molecule has 144 valence electrons. The Balaban J connectivity index is 1.67. The number of aromatic nitrogens is 2. The third-order valence-corrected chi connectivity index (χ3v) is 4.51. The number of carbonyl (C=O) groups is 1. The minimum atomic E-state index is -0.314. The molecule has 0 saturated heterocycles. The van der Waals surface area contributed by atoms with Crippen LogP contribution in [0.5, 0.6) is 5.75 Å². The van der Waals surface area contributed by atoms with E-state index in [0.717, 1.165) is 11.1 Å². The zero-order chi connectivity index (χ0) is 20.1. The molecule has 2 heterocycles. The smallest absolute Gasteiger partial charge is 0.254 e. The van der Waals surface area contributed by atoms with Crippen molar-refractivity contribution in [2.45, 2.75) is 26.6 Å². The topological polar surface area (TPSA) is 87.2 Å². The number of hydrogen-bond donors (Lipinski definition) is 1. The number of Topliss-reactive ketones (excluding diaryl/α,β-unsaturated/α-hetero) is 1. The third-order valence-electron chi connectivity index (χ3n) is 4.28. The number of nitrogens with zero attached hydrogens (tertiary/aromatic N) is 2. The molecule has 0 amide bonds. The van der Waals surface area contributed by atoms with Gasteiger partial charge in [0.2, 0.25) is 0 Å². The lowest BCUT2D eigenvalue weighted by Crippen LogP contribution is -2.23. The Bertz CT molecular complexity index is 1050. The Morgan fingerprint density at radius 1 is 1.21 bits per heavy atom. The average Bonchev–Trinajstić information content (AvgIpc) is 2.69. The van der Waals surface area contributed by atoms with Crippen molar-refractivity contribution in [3.05, 3.63) is 92.6 Å². The fourth-order valence-corrected chi connectivity index (χ4v) is 2.88. The standard InChI is InChI=1S/C21H20ClN3O3/c1-14-8-15(10-23)2-5-19(14)20(26)12-25-7-6-18(9-21(25)27)28-13-17-4-3-16(22)11-24-17/h2-9,11H,10,12-13,23H2,1H3. The van der Waals surface area contributed by atoms with E-state index in [1.54, 1.807) is 30.5 Å². The molecule has 0 radical (unpaired) electrons. The quantitative estimate of drug-likeness (QED) is 0.619. The normalized spacial score (nSPS) is 10.7. The number of carbonyl (C=O) groups excluding carboxylic acids is 1. The number of aryl methyl sites for hydroxylation is 1. The number of hydrogen-bond acceptors (Lipinski definition) is 5. The summed E-state index contributed by atoms with van der Waals surface area (Å²) in [6.45, 7) is 2.45. The Labute approximate surface area is 167 Å². The van der Waals surface area contributed by atoms with Crippen LogP contribution in [0.25, 0.3) is 0 Å². The van der Waals surface area contributed by atoms with Crippen LogP contribution >= 0.6 is 11.6 Å². The first-order chi connectivity index (χ1) is 13.5. The van der Waals surface area contributed by atoms with Crippen LogP contribution in [0.4, 0.5) is 0 Å². The SMILES string of the molecule is Cc1cc(CN)ccc1C(=O)Cn1ccc(OCc2ccc(Cl)cn2)cc1=O. The summed E-state index contributed by atoms with van der Waals surface area (Å²) in [5, 5.41) is 0.545. The highest BCUT2D eigenvalue weighted by Crippen LogP contribution is 2.14. The number of pyridine rings is 2. The Morgan fingerprint density at radius 3 is 2.68 bits per heavy atom. The monoisotopic (exact) mass is 397 g/mol. The van der Waals surface area contributed by atoms with Crippen molar-refractivity contribution in [2.24, 2.45) is 5.73 Å². The maximum atomic E-state index is 12.6. The second kappa shape index (κ2) is 8.82. The van der Waals surface area contributed by atoms with E-state index < -0.39 is 0 Å². The van der Waals surface area contributed by atoms with Crippen LogP contribution in [-0.2, 0) is 19.7 Å². The molecule has 6 nitrogen and oxygen atoms in total. The lowest BCUT2D eigenvalue weighted by Gasteiger charge is -2.10. The van der Waals surface area contributed by atoms with Crippen LogP contribution in [-0.4, -0.2) is 15.3 Å². The number of halogens is 1. The molecule has 28 heavy (non-hydrogen) atoms. The van der Waals surface area contributed by atoms with Crippen LogP contribution in [0.15, 0.2) is 59.7 Å². The van der Waals surface area contributed by atoms with E-state index in [-0.39, 0.29) is 24.5 Å². The fourth-order valence-electron chi connectivity index (χ4n) is 2.76. The van der Waals surface area contributed by atoms with Crippen molar-refractivity contribution >= 4 is 17.4 Å². The molecule has 7 heteroatoms. The molecule has 2 aromatic heterocycles. The third kappa shape index (κ3) is 4.85. The second-order valence-corrected chi connectivity index (χ2v) is 6.80. The van der Waals surface area contributed by atoms with E-state index in [1.165, 1.54) is 16.8 Å². The van der Waals surface area contributed by atoms with Gasteiger partial charge in [-0.05, 0) is 36.2 Å². The summed E-state index contributed by atoms with van der Waals surface area (Å²) in [5.41, 5.74) is 8.39. The van der Waals surface area contributed by atoms with Gasteiger partial charge in [0, 0.05) is 30.6 Å². The number of ketones is 1.